The van der Waals surface area contributed by atoms with Crippen LogP contribution in [-0.2, 0) is 7.05 Å². The van der Waals surface area contributed by atoms with E-state index in [0.717, 1.165) is 79.2 Å². The van der Waals surface area contributed by atoms with Gasteiger partial charge < -0.3 is 14.4 Å². The zero-order valence-corrected chi connectivity index (χ0v) is 20.0. The van der Waals surface area contributed by atoms with Gasteiger partial charge in [0.15, 0.2) is 0 Å². The predicted molar refractivity (Wildman–Crippen MR) is 139 cm³/mol. The summed E-state index contributed by atoms with van der Waals surface area (Å²) in [5.41, 5.74) is 4.35. The lowest BCUT2D eigenvalue weighted by Crippen LogP contribution is -2.33. The molecule has 3 aromatic rings. The summed E-state index contributed by atoms with van der Waals surface area (Å²) < 4.78 is 1.66. The molecule has 2 aliphatic rings. The Bertz CT molecular complexity index is 1240. The maximum atomic E-state index is 13.2. The minimum atomic E-state index is -0.199. The van der Waals surface area contributed by atoms with Crippen LogP contribution in [0.3, 0.4) is 0 Å². The van der Waals surface area contributed by atoms with Crippen molar-refractivity contribution in [1.29, 1.82) is 5.26 Å². The number of thioether (sulfide) groups is 1. The molecule has 2 fully saturated rings. The summed E-state index contributed by atoms with van der Waals surface area (Å²) in [6.07, 6.45) is 3.20. The Morgan fingerprint density at radius 3 is 2.52 bits per heavy atom. The highest BCUT2D eigenvalue weighted by atomic mass is 32.2. The molecule has 0 spiro atoms. The van der Waals surface area contributed by atoms with Gasteiger partial charge in [-0.1, -0.05) is 30.3 Å². The molecule has 2 aromatic carbocycles. The summed E-state index contributed by atoms with van der Waals surface area (Å²) in [6.45, 7) is 3.77. The molecule has 33 heavy (non-hydrogen) atoms. The van der Waals surface area contributed by atoms with Gasteiger partial charge in [0.25, 0.3) is 5.56 Å². The molecule has 1 aromatic heterocycles. The number of pyridine rings is 1. The fourth-order valence-corrected chi connectivity index (χ4v) is 6.24. The van der Waals surface area contributed by atoms with Crippen molar-refractivity contribution in [2.75, 3.05) is 47.5 Å². The molecule has 6 heteroatoms. The highest BCUT2D eigenvalue weighted by Crippen LogP contribution is 2.35. The summed E-state index contributed by atoms with van der Waals surface area (Å²) >= 11 is 1.99. The van der Waals surface area contributed by atoms with Crippen LogP contribution in [0.4, 0.5) is 11.4 Å². The van der Waals surface area contributed by atoms with Crippen LogP contribution in [0.25, 0.3) is 10.9 Å². The smallest absolute Gasteiger partial charge is 0.270 e. The van der Waals surface area contributed by atoms with E-state index in [-0.39, 0.29) is 11.1 Å². The molecule has 5 nitrogen and oxygen atoms in total. The number of aryl methyl sites for hydroxylation is 1. The van der Waals surface area contributed by atoms with Crippen molar-refractivity contribution in [3.63, 3.8) is 0 Å². The molecule has 0 saturated carbocycles. The van der Waals surface area contributed by atoms with Gasteiger partial charge in [-0.05, 0) is 48.9 Å². The third-order valence-electron chi connectivity index (χ3n) is 7.16. The Morgan fingerprint density at radius 1 is 0.970 bits per heavy atom. The third-order valence-corrected chi connectivity index (χ3v) is 8.10. The Kier molecular flexibility index (Phi) is 6.32. The second-order valence-electron chi connectivity index (χ2n) is 9.03. The van der Waals surface area contributed by atoms with E-state index < -0.39 is 0 Å². The maximum Gasteiger partial charge on any atom is 0.270 e. The molecule has 2 saturated heterocycles. The topological polar surface area (TPSA) is 52.3 Å². The lowest BCUT2D eigenvalue weighted by Gasteiger charge is -2.30. The van der Waals surface area contributed by atoms with Crippen molar-refractivity contribution in [2.24, 2.45) is 7.05 Å². The number of nitriles is 1. The second kappa shape index (κ2) is 9.52. The van der Waals surface area contributed by atoms with Crippen LogP contribution in [-0.4, -0.2) is 42.3 Å². The number of aromatic nitrogens is 1. The molecule has 0 aliphatic carbocycles. The molecule has 0 bridgehead atoms. The van der Waals surface area contributed by atoms with Crippen molar-refractivity contribution < 1.29 is 0 Å². The molecule has 2 aliphatic heterocycles. The van der Waals surface area contributed by atoms with Gasteiger partial charge in [0.1, 0.15) is 11.6 Å². The van der Waals surface area contributed by atoms with E-state index in [1.165, 1.54) is 5.56 Å². The highest BCUT2D eigenvalue weighted by molar-refractivity contribution is 7.99. The Balaban J connectivity index is 1.54. The first-order valence-electron chi connectivity index (χ1n) is 11.9. The highest BCUT2D eigenvalue weighted by Gasteiger charge is 2.25. The lowest BCUT2D eigenvalue weighted by atomic mass is 9.92. The predicted octanol–water partition coefficient (Wildman–Crippen LogP) is 4.74. The number of rotatable bonds is 3. The minimum Gasteiger partial charge on any atom is -0.370 e. The first kappa shape index (κ1) is 21.9. The number of hydrogen-bond donors (Lipinski definition) is 0. The molecule has 0 radical (unpaired) electrons. The van der Waals surface area contributed by atoms with Crippen LogP contribution in [0.2, 0.25) is 0 Å². The fraction of sp³-hybridized carbons (Fsp3) is 0.407. The Hall–Kier alpha value is -2.91. The zero-order chi connectivity index (χ0) is 22.8. The largest absolute Gasteiger partial charge is 0.370 e. The standard InChI is InChI=1S/C27H30N4OS/c1-29-25-18-22(30-14-16-33-17-15-30)9-10-23(25)26(24(19-28)27(29)32)31-12-5-8-21(11-13-31)20-6-3-2-4-7-20/h2-4,6-7,9-10,18,21H,5,8,11-17H2,1H3. The second-order valence-corrected chi connectivity index (χ2v) is 10.3. The number of anilines is 2. The van der Waals surface area contributed by atoms with Gasteiger partial charge in [-0.2, -0.15) is 17.0 Å². The van der Waals surface area contributed by atoms with Gasteiger partial charge in [0.05, 0.1) is 11.2 Å². The van der Waals surface area contributed by atoms with Crippen molar-refractivity contribution in [3.05, 3.63) is 70.0 Å². The van der Waals surface area contributed by atoms with Crippen molar-refractivity contribution in [3.8, 4) is 6.07 Å². The summed E-state index contributed by atoms with van der Waals surface area (Å²) in [4.78, 5) is 17.9. The lowest BCUT2D eigenvalue weighted by molar-refractivity contribution is 0.612. The van der Waals surface area contributed by atoms with E-state index in [9.17, 15) is 10.1 Å². The number of benzene rings is 2. The minimum absolute atomic E-state index is 0.199. The van der Waals surface area contributed by atoms with E-state index in [4.69, 9.17) is 0 Å². The van der Waals surface area contributed by atoms with Crippen LogP contribution in [0, 0.1) is 11.3 Å². The molecule has 0 N–H and O–H groups in total. The van der Waals surface area contributed by atoms with E-state index in [2.05, 4.69) is 64.4 Å². The fourth-order valence-electron chi connectivity index (χ4n) is 5.34. The molecule has 0 amide bonds. The summed E-state index contributed by atoms with van der Waals surface area (Å²) in [6, 6.07) is 19.4. The SMILES string of the molecule is Cn1c(=O)c(C#N)c(N2CCCC(c3ccccc3)CC2)c2ccc(N3CCSCC3)cc21. The van der Waals surface area contributed by atoms with Crippen molar-refractivity contribution in [1.82, 2.24) is 4.57 Å². The molecule has 3 heterocycles. The van der Waals surface area contributed by atoms with E-state index in [1.807, 2.05) is 11.8 Å². The molecule has 170 valence electrons. The maximum absolute atomic E-state index is 13.2. The van der Waals surface area contributed by atoms with E-state index in [0.29, 0.717) is 5.92 Å². The first-order chi connectivity index (χ1) is 16.2. The van der Waals surface area contributed by atoms with E-state index in [1.54, 1.807) is 11.6 Å². The molecule has 1 atom stereocenters. The van der Waals surface area contributed by atoms with Gasteiger partial charge in [0, 0.05) is 55.8 Å². The zero-order valence-electron chi connectivity index (χ0n) is 19.2. The molecule has 1 unspecified atom stereocenters. The molecular weight excluding hydrogens is 428 g/mol. The Morgan fingerprint density at radius 2 is 1.76 bits per heavy atom. The molecule has 5 rings (SSSR count). The number of fused-ring (bicyclic) bond motifs is 1. The van der Waals surface area contributed by atoms with Crippen LogP contribution >= 0.6 is 11.8 Å². The normalized spacial score (nSPS) is 19.3. The van der Waals surface area contributed by atoms with Gasteiger partial charge in [0.2, 0.25) is 0 Å². The van der Waals surface area contributed by atoms with Crippen LogP contribution in [0.1, 0.15) is 36.3 Å². The summed E-state index contributed by atoms with van der Waals surface area (Å²) in [7, 11) is 1.79. The average molecular weight is 459 g/mol. The monoisotopic (exact) mass is 458 g/mol. The van der Waals surface area contributed by atoms with Crippen LogP contribution in [0.15, 0.2) is 53.3 Å². The van der Waals surface area contributed by atoms with Gasteiger partial charge in [-0.25, -0.2) is 0 Å². The van der Waals surface area contributed by atoms with Gasteiger partial charge in [-0.15, -0.1) is 0 Å². The molecular formula is C27H30N4OS. The summed E-state index contributed by atoms with van der Waals surface area (Å²) in [5.74, 6) is 2.78. The number of hydrogen-bond acceptors (Lipinski definition) is 5. The quantitative estimate of drug-likeness (QED) is 0.568. The first-order valence-corrected chi connectivity index (χ1v) is 13.0. The summed E-state index contributed by atoms with van der Waals surface area (Å²) in [5, 5.41) is 11.0. The van der Waals surface area contributed by atoms with Gasteiger partial charge >= 0.3 is 0 Å². The van der Waals surface area contributed by atoms with Crippen molar-refractivity contribution in [2.45, 2.75) is 25.2 Å². The van der Waals surface area contributed by atoms with E-state index >= 15 is 0 Å². The average Bonchev–Trinajstić information content (AvgIpc) is 3.13. The Labute approximate surface area is 199 Å². The number of nitrogens with zero attached hydrogens (tertiary/aromatic N) is 4. The van der Waals surface area contributed by atoms with Crippen LogP contribution in [0.5, 0.6) is 0 Å². The van der Waals surface area contributed by atoms with Crippen molar-refractivity contribution >= 4 is 34.0 Å². The van der Waals surface area contributed by atoms with Gasteiger partial charge in [-0.3, -0.25) is 4.79 Å². The van der Waals surface area contributed by atoms with Crippen LogP contribution < -0.4 is 15.4 Å². The third kappa shape index (κ3) is 4.22.